The van der Waals surface area contributed by atoms with Gasteiger partial charge < -0.3 is 5.11 Å². The van der Waals surface area contributed by atoms with Crippen LogP contribution in [0.1, 0.15) is 38.5 Å². The predicted molar refractivity (Wildman–Crippen MR) is 53.3 cm³/mol. The Bertz CT molecular complexity index is 326. The molecule has 0 radical (unpaired) electrons. The zero-order valence-corrected chi connectivity index (χ0v) is 8.59. The van der Waals surface area contributed by atoms with E-state index in [-0.39, 0.29) is 0 Å². The molecule has 1 aromatic heterocycles. The van der Waals surface area contributed by atoms with E-state index in [2.05, 4.69) is 10.3 Å². The number of hydrogen-bond acceptors (Lipinski definition) is 3. The summed E-state index contributed by atoms with van der Waals surface area (Å²) in [6, 6.07) is 0. The molecule has 0 saturated heterocycles. The maximum atomic E-state index is 11.4. The minimum absolute atomic E-state index is 0.658. The van der Waals surface area contributed by atoms with Crippen molar-refractivity contribution in [3.63, 3.8) is 0 Å². The minimum Gasteiger partial charge on any atom is -0.479 e. The lowest BCUT2D eigenvalue weighted by molar-refractivity contribution is -0.149. The number of hydrogen-bond donors (Lipinski definition) is 1. The van der Waals surface area contributed by atoms with Gasteiger partial charge in [0.05, 0.1) is 6.20 Å². The van der Waals surface area contributed by atoms with Crippen LogP contribution in [0.5, 0.6) is 0 Å². The average Bonchev–Trinajstić information content (AvgIpc) is 2.63. The van der Waals surface area contributed by atoms with Crippen LogP contribution < -0.4 is 0 Å². The summed E-state index contributed by atoms with van der Waals surface area (Å²) in [5, 5.41) is 17.0. The lowest BCUT2D eigenvalue weighted by atomic mass is 9.90. The Morgan fingerprint density at radius 2 is 1.93 bits per heavy atom. The highest BCUT2D eigenvalue weighted by Crippen LogP contribution is 2.33. The van der Waals surface area contributed by atoms with Gasteiger partial charge in [-0.1, -0.05) is 30.9 Å². The SMILES string of the molecule is O=C(O)C1(n2ccnn2)CCCCCC1. The van der Waals surface area contributed by atoms with Crippen molar-refractivity contribution < 1.29 is 9.90 Å². The second-order valence-corrected chi connectivity index (χ2v) is 4.10. The van der Waals surface area contributed by atoms with E-state index >= 15 is 0 Å². The summed E-state index contributed by atoms with van der Waals surface area (Å²) in [5.41, 5.74) is -0.854. The van der Waals surface area contributed by atoms with E-state index in [1.807, 2.05) is 0 Å². The van der Waals surface area contributed by atoms with Gasteiger partial charge in [-0.2, -0.15) is 0 Å². The summed E-state index contributed by atoms with van der Waals surface area (Å²) in [7, 11) is 0. The molecule has 0 bridgehead atoms. The van der Waals surface area contributed by atoms with Crippen LogP contribution in [0, 0.1) is 0 Å². The third kappa shape index (κ3) is 1.73. The van der Waals surface area contributed by atoms with Gasteiger partial charge in [-0.25, -0.2) is 9.48 Å². The fourth-order valence-corrected chi connectivity index (χ4v) is 2.29. The van der Waals surface area contributed by atoms with Gasteiger partial charge in [-0.15, -0.1) is 5.10 Å². The molecule has 1 N–H and O–H groups in total. The first kappa shape index (κ1) is 10.1. The highest BCUT2D eigenvalue weighted by Gasteiger charge is 2.41. The van der Waals surface area contributed by atoms with E-state index in [9.17, 15) is 9.90 Å². The van der Waals surface area contributed by atoms with Crippen LogP contribution >= 0.6 is 0 Å². The van der Waals surface area contributed by atoms with Crippen molar-refractivity contribution in [1.82, 2.24) is 15.0 Å². The number of carboxylic acid groups (broad SMARTS) is 1. The highest BCUT2D eigenvalue weighted by molar-refractivity contribution is 5.76. The largest absolute Gasteiger partial charge is 0.479 e. The molecule has 0 aromatic carbocycles. The predicted octanol–water partition coefficient (Wildman–Crippen LogP) is 1.41. The summed E-state index contributed by atoms with van der Waals surface area (Å²) >= 11 is 0. The molecule has 0 aliphatic heterocycles. The Morgan fingerprint density at radius 3 is 2.40 bits per heavy atom. The maximum Gasteiger partial charge on any atom is 0.331 e. The van der Waals surface area contributed by atoms with Gasteiger partial charge in [-0.05, 0) is 12.8 Å². The second kappa shape index (κ2) is 4.00. The molecule has 2 rings (SSSR count). The van der Waals surface area contributed by atoms with E-state index in [1.54, 1.807) is 6.20 Å². The third-order valence-corrected chi connectivity index (χ3v) is 3.19. The number of carbonyl (C=O) groups is 1. The number of aliphatic carboxylic acids is 1. The van der Waals surface area contributed by atoms with Crippen molar-refractivity contribution in [2.45, 2.75) is 44.1 Å². The smallest absolute Gasteiger partial charge is 0.331 e. The van der Waals surface area contributed by atoms with E-state index in [1.165, 1.54) is 10.9 Å². The zero-order chi connectivity index (χ0) is 10.7. The molecule has 0 spiro atoms. The summed E-state index contributed by atoms with van der Waals surface area (Å²) < 4.78 is 1.51. The maximum absolute atomic E-state index is 11.4. The molecule has 1 fully saturated rings. The second-order valence-electron chi connectivity index (χ2n) is 4.10. The third-order valence-electron chi connectivity index (χ3n) is 3.19. The van der Waals surface area contributed by atoms with Crippen LogP contribution in [0.2, 0.25) is 0 Å². The number of rotatable bonds is 2. The van der Waals surface area contributed by atoms with Gasteiger partial charge in [0.2, 0.25) is 0 Å². The van der Waals surface area contributed by atoms with Crippen molar-refractivity contribution >= 4 is 5.97 Å². The van der Waals surface area contributed by atoms with Crippen molar-refractivity contribution in [2.24, 2.45) is 0 Å². The topological polar surface area (TPSA) is 68.0 Å². The molecule has 1 aliphatic carbocycles. The molecule has 1 heterocycles. The summed E-state index contributed by atoms with van der Waals surface area (Å²) in [6.45, 7) is 0. The Morgan fingerprint density at radius 1 is 1.27 bits per heavy atom. The number of nitrogens with zero attached hydrogens (tertiary/aromatic N) is 3. The van der Waals surface area contributed by atoms with Crippen LogP contribution in [-0.4, -0.2) is 26.1 Å². The normalized spacial score (nSPS) is 20.8. The monoisotopic (exact) mass is 209 g/mol. The van der Waals surface area contributed by atoms with Gasteiger partial charge in [-0.3, -0.25) is 0 Å². The van der Waals surface area contributed by atoms with Gasteiger partial charge in [0.15, 0.2) is 5.54 Å². The molecule has 0 amide bonds. The lowest BCUT2D eigenvalue weighted by Gasteiger charge is -2.27. The molecular formula is C10H15N3O2. The zero-order valence-electron chi connectivity index (χ0n) is 8.59. The first-order valence-corrected chi connectivity index (χ1v) is 5.36. The van der Waals surface area contributed by atoms with Crippen molar-refractivity contribution in [3.8, 4) is 0 Å². The number of aromatic nitrogens is 3. The fraction of sp³-hybridized carbons (Fsp3) is 0.700. The highest BCUT2D eigenvalue weighted by atomic mass is 16.4. The van der Waals surface area contributed by atoms with Gasteiger partial charge >= 0.3 is 5.97 Å². The van der Waals surface area contributed by atoms with E-state index in [0.29, 0.717) is 12.8 Å². The van der Waals surface area contributed by atoms with Gasteiger partial charge in [0.1, 0.15) is 0 Å². The molecule has 5 nitrogen and oxygen atoms in total. The Balaban J connectivity index is 2.34. The first-order chi connectivity index (χ1) is 7.26. The van der Waals surface area contributed by atoms with Gasteiger partial charge in [0, 0.05) is 6.20 Å². The number of carboxylic acids is 1. The van der Waals surface area contributed by atoms with Crippen molar-refractivity contribution in [3.05, 3.63) is 12.4 Å². The van der Waals surface area contributed by atoms with Crippen LogP contribution in [-0.2, 0) is 10.3 Å². The molecule has 0 atom stereocenters. The van der Waals surface area contributed by atoms with E-state index < -0.39 is 11.5 Å². The molecular weight excluding hydrogens is 194 g/mol. The standard InChI is InChI=1S/C10H15N3O2/c14-9(15)10(13-8-7-11-12-13)5-3-1-2-4-6-10/h7-8H,1-6H2,(H,14,15). The average molecular weight is 209 g/mol. The molecule has 1 aromatic rings. The Kier molecular flexibility index (Phi) is 2.70. The molecule has 5 heteroatoms. The van der Waals surface area contributed by atoms with Crippen LogP contribution in [0.15, 0.2) is 12.4 Å². The van der Waals surface area contributed by atoms with Crippen LogP contribution in [0.4, 0.5) is 0 Å². The molecule has 1 saturated carbocycles. The molecule has 82 valence electrons. The quantitative estimate of drug-likeness (QED) is 0.748. The lowest BCUT2D eigenvalue weighted by Crippen LogP contribution is -2.42. The molecule has 1 aliphatic rings. The minimum atomic E-state index is -0.854. The molecule has 15 heavy (non-hydrogen) atoms. The summed E-state index contributed by atoms with van der Waals surface area (Å²) in [6.07, 6.45) is 8.64. The van der Waals surface area contributed by atoms with E-state index in [4.69, 9.17) is 0 Å². The van der Waals surface area contributed by atoms with Crippen molar-refractivity contribution in [1.29, 1.82) is 0 Å². The molecule has 0 unspecified atom stereocenters. The summed E-state index contributed by atoms with van der Waals surface area (Å²) in [4.78, 5) is 11.4. The summed E-state index contributed by atoms with van der Waals surface area (Å²) in [5.74, 6) is -0.782. The van der Waals surface area contributed by atoms with Crippen LogP contribution in [0.25, 0.3) is 0 Å². The Labute approximate surface area is 88.1 Å². The van der Waals surface area contributed by atoms with Gasteiger partial charge in [0.25, 0.3) is 0 Å². The first-order valence-electron chi connectivity index (χ1n) is 5.36. The Hall–Kier alpha value is -1.39. The van der Waals surface area contributed by atoms with Crippen molar-refractivity contribution in [2.75, 3.05) is 0 Å². The fourth-order valence-electron chi connectivity index (χ4n) is 2.29. The van der Waals surface area contributed by atoms with Crippen LogP contribution in [0.3, 0.4) is 0 Å². The van der Waals surface area contributed by atoms with E-state index in [0.717, 1.165) is 25.7 Å².